The number of pyridine rings is 1. The molecule has 1 heterocycles. The van der Waals surface area contributed by atoms with Crippen LogP contribution in [0.3, 0.4) is 0 Å². The van der Waals surface area contributed by atoms with Gasteiger partial charge in [-0.25, -0.2) is 13.6 Å². The van der Waals surface area contributed by atoms with Crippen LogP contribution in [-0.4, -0.2) is 19.3 Å². The van der Waals surface area contributed by atoms with Crippen molar-refractivity contribution in [2.24, 2.45) is 5.14 Å². The second-order valence-electron chi connectivity index (χ2n) is 4.33. The standard InChI is InChI=1S/C13H12ClN3O3S/c1-8-6-12(14)11(7-16-8)13(18)17-9-2-4-10(5-3-9)21(15,19)20/h2-7H,1H3,(H,17,18)(H2,15,19,20). The van der Waals surface area contributed by atoms with E-state index in [2.05, 4.69) is 10.3 Å². The number of carbonyl (C=O) groups excluding carboxylic acids is 1. The van der Waals surface area contributed by atoms with Crippen molar-refractivity contribution in [1.29, 1.82) is 0 Å². The number of nitrogens with two attached hydrogens (primary N) is 1. The number of hydrogen-bond acceptors (Lipinski definition) is 4. The van der Waals surface area contributed by atoms with Gasteiger partial charge >= 0.3 is 0 Å². The molecule has 0 saturated heterocycles. The number of halogens is 1. The number of hydrogen-bond donors (Lipinski definition) is 2. The average Bonchev–Trinajstić information content (AvgIpc) is 2.38. The summed E-state index contributed by atoms with van der Waals surface area (Å²) in [6.07, 6.45) is 1.38. The summed E-state index contributed by atoms with van der Waals surface area (Å²) in [4.78, 5) is 16.0. The molecule has 110 valence electrons. The Bertz CT molecular complexity index is 789. The van der Waals surface area contributed by atoms with Gasteiger partial charge in [-0.3, -0.25) is 9.78 Å². The number of primary sulfonamides is 1. The number of aromatic nitrogens is 1. The third kappa shape index (κ3) is 3.78. The molecule has 0 unspecified atom stereocenters. The number of carbonyl (C=O) groups is 1. The highest BCUT2D eigenvalue weighted by Gasteiger charge is 2.12. The molecule has 0 fully saturated rings. The van der Waals surface area contributed by atoms with Crippen LogP contribution < -0.4 is 10.5 Å². The molecule has 6 nitrogen and oxygen atoms in total. The van der Waals surface area contributed by atoms with Gasteiger partial charge in [-0.2, -0.15) is 0 Å². The number of amides is 1. The maximum Gasteiger partial charge on any atom is 0.258 e. The quantitative estimate of drug-likeness (QED) is 0.900. The van der Waals surface area contributed by atoms with Gasteiger partial charge in [0.05, 0.1) is 15.5 Å². The van der Waals surface area contributed by atoms with E-state index in [1.807, 2.05) is 0 Å². The van der Waals surface area contributed by atoms with E-state index in [1.165, 1.54) is 30.5 Å². The summed E-state index contributed by atoms with van der Waals surface area (Å²) in [5, 5.41) is 7.88. The smallest absolute Gasteiger partial charge is 0.258 e. The highest BCUT2D eigenvalue weighted by molar-refractivity contribution is 7.89. The molecule has 1 amide bonds. The predicted molar refractivity (Wildman–Crippen MR) is 79.8 cm³/mol. The SMILES string of the molecule is Cc1cc(Cl)c(C(=O)Nc2ccc(S(N)(=O)=O)cc2)cn1. The zero-order chi connectivity index (χ0) is 15.6. The highest BCUT2D eigenvalue weighted by atomic mass is 35.5. The predicted octanol–water partition coefficient (Wildman–Crippen LogP) is 1.94. The minimum Gasteiger partial charge on any atom is -0.322 e. The lowest BCUT2D eigenvalue weighted by Crippen LogP contribution is -2.14. The zero-order valence-corrected chi connectivity index (χ0v) is 12.6. The molecule has 3 N–H and O–H groups in total. The van der Waals surface area contributed by atoms with E-state index in [4.69, 9.17) is 16.7 Å². The Hall–Kier alpha value is -1.96. The highest BCUT2D eigenvalue weighted by Crippen LogP contribution is 2.18. The van der Waals surface area contributed by atoms with E-state index in [1.54, 1.807) is 13.0 Å². The molecule has 8 heteroatoms. The van der Waals surface area contributed by atoms with Crippen LogP contribution in [-0.2, 0) is 10.0 Å². The van der Waals surface area contributed by atoms with E-state index in [0.29, 0.717) is 16.4 Å². The number of nitrogens with one attached hydrogen (secondary N) is 1. The molecule has 2 rings (SSSR count). The summed E-state index contributed by atoms with van der Waals surface area (Å²) in [7, 11) is -3.76. The van der Waals surface area contributed by atoms with E-state index in [-0.39, 0.29) is 10.5 Å². The Morgan fingerprint density at radius 3 is 2.43 bits per heavy atom. The Labute approximate surface area is 127 Å². The van der Waals surface area contributed by atoms with Gasteiger partial charge in [0.25, 0.3) is 5.91 Å². The molecule has 0 radical (unpaired) electrons. The second kappa shape index (κ2) is 5.80. The van der Waals surface area contributed by atoms with Crippen molar-refractivity contribution in [3.8, 4) is 0 Å². The van der Waals surface area contributed by atoms with Crippen molar-refractivity contribution in [3.05, 3.63) is 52.8 Å². The Morgan fingerprint density at radius 2 is 1.90 bits per heavy atom. The van der Waals surface area contributed by atoms with Crippen molar-refractivity contribution in [1.82, 2.24) is 4.98 Å². The normalized spacial score (nSPS) is 11.2. The first-order valence-corrected chi connectivity index (χ1v) is 7.76. The fourth-order valence-electron chi connectivity index (χ4n) is 1.62. The lowest BCUT2D eigenvalue weighted by Gasteiger charge is -2.07. The molecule has 1 aromatic heterocycles. The average molecular weight is 326 g/mol. The number of benzene rings is 1. The van der Waals surface area contributed by atoms with Crippen LogP contribution in [0, 0.1) is 6.92 Å². The van der Waals surface area contributed by atoms with Gasteiger partial charge in [0, 0.05) is 17.6 Å². The number of rotatable bonds is 3. The van der Waals surface area contributed by atoms with Crippen molar-refractivity contribution < 1.29 is 13.2 Å². The van der Waals surface area contributed by atoms with E-state index < -0.39 is 15.9 Å². The number of nitrogens with zero attached hydrogens (tertiary/aromatic N) is 1. The lowest BCUT2D eigenvalue weighted by molar-refractivity contribution is 0.102. The minimum atomic E-state index is -3.76. The summed E-state index contributed by atoms with van der Waals surface area (Å²) >= 11 is 5.98. The molecule has 0 aliphatic rings. The van der Waals surface area contributed by atoms with Crippen molar-refractivity contribution >= 4 is 33.2 Å². The monoisotopic (exact) mass is 325 g/mol. The molecule has 0 bridgehead atoms. The summed E-state index contributed by atoms with van der Waals surface area (Å²) in [6, 6.07) is 7.07. The Balaban J connectivity index is 2.20. The Kier molecular flexibility index (Phi) is 4.26. The molecule has 0 aliphatic heterocycles. The van der Waals surface area contributed by atoms with Crippen molar-refractivity contribution in [3.63, 3.8) is 0 Å². The first-order chi connectivity index (χ1) is 9.77. The van der Waals surface area contributed by atoms with Crippen LogP contribution in [0.15, 0.2) is 41.4 Å². The van der Waals surface area contributed by atoms with E-state index in [0.717, 1.165) is 0 Å². The fraction of sp³-hybridized carbons (Fsp3) is 0.0769. The van der Waals surface area contributed by atoms with Crippen LogP contribution in [0.4, 0.5) is 5.69 Å². The van der Waals surface area contributed by atoms with E-state index in [9.17, 15) is 13.2 Å². The maximum absolute atomic E-state index is 12.0. The van der Waals surface area contributed by atoms with Gasteiger partial charge in [0.15, 0.2) is 0 Å². The molecule has 0 saturated carbocycles. The summed E-state index contributed by atoms with van der Waals surface area (Å²) < 4.78 is 22.3. The van der Waals surface area contributed by atoms with Gasteiger partial charge in [-0.15, -0.1) is 0 Å². The Morgan fingerprint density at radius 1 is 1.29 bits per heavy atom. The molecular formula is C13H12ClN3O3S. The van der Waals surface area contributed by atoms with Gasteiger partial charge in [0.1, 0.15) is 0 Å². The van der Waals surface area contributed by atoms with Crippen molar-refractivity contribution in [2.75, 3.05) is 5.32 Å². The molecular weight excluding hydrogens is 314 g/mol. The molecule has 0 spiro atoms. The topological polar surface area (TPSA) is 102 Å². The van der Waals surface area contributed by atoms with Gasteiger partial charge in [0.2, 0.25) is 10.0 Å². The van der Waals surface area contributed by atoms with Crippen LogP contribution in [0.2, 0.25) is 5.02 Å². The van der Waals surface area contributed by atoms with Gasteiger partial charge in [-0.1, -0.05) is 11.6 Å². The maximum atomic E-state index is 12.0. The van der Waals surface area contributed by atoms with Gasteiger partial charge in [-0.05, 0) is 37.3 Å². The molecule has 1 aromatic carbocycles. The largest absolute Gasteiger partial charge is 0.322 e. The number of anilines is 1. The van der Waals surface area contributed by atoms with Crippen LogP contribution >= 0.6 is 11.6 Å². The summed E-state index contributed by atoms with van der Waals surface area (Å²) in [5.74, 6) is -0.434. The zero-order valence-electron chi connectivity index (χ0n) is 11.0. The third-order valence-electron chi connectivity index (χ3n) is 2.68. The first kappa shape index (κ1) is 15.4. The molecule has 0 aliphatic carbocycles. The summed E-state index contributed by atoms with van der Waals surface area (Å²) in [5.41, 5.74) is 1.36. The number of aryl methyl sites for hydroxylation is 1. The summed E-state index contributed by atoms with van der Waals surface area (Å²) in [6.45, 7) is 1.76. The lowest BCUT2D eigenvalue weighted by atomic mass is 10.2. The van der Waals surface area contributed by atoms with E-state index >= 15 is 0 Å². The third-order valence-corrected chi connectivity index (χ3v) is 3.92. The number of sulfonamides is 1. The van der Waals surface area contributed by atoms with Crippen LogP contribution in [0.1, 0.15) is 16.1 Å². The molecule has 2 aromatic rings. The van der Waals surface area contributed by atoms with Gasteiger partial charge < -0.3 is 5.32 Å². The second-order valence-corrected chi connectivity index (χ2v) is 6.30. The van der Waals surface area contributed by atoms with Crippen molar-refractivity contribution in [2.45, 2.75) is 11.8 Å². The first-order valence-electron chi connectivity index (χ1n) is 5.84. The molecule has 21 heavy (non-hydrogen) atoms. The minimum absolute atomic E-state index is 0.0319. The molecule has 0 atom stereocenters. The fourth-order valence-corrected chi connectivity index (χ4v) is 2.43. The van der Waals surface area contributed by atoms with Crippen LogP contribution in [0.25, 0.3) is 0 Å². The van der Waals surface area contributed by atoms with Crippen LogP contribution in [0.5, 0.6) is 0 Å².